The fraction of sp³-hybridized carbons (Fsp3) is 0.333. The molecule has 5 nitrogen and oxygen atoms in total. The summed E-state index contributed by atoms with van der Waals surface area (Å²) in [6, 6.07) is 6.14. The Labute approximate surface area is 149 Å². The van der Waals surface area contributed by atoms with Crippen molar-refractivity contribution in [3.05, 3.63) is 40.6 Å². The number of hydrogen-bond donors (Lipinski definition) is 0. The Morgan fingerprint density at radius 1 is 1.17 bits per heavy atom. The van der Waals surface area contributed by atoms with Crippen LogP contribution in [0.4, 0.5) is 5.82 Å². The molecule has 1 aromatic carbocycles. The number of benzene rings is 1. The highest BCUT2D eigenvalue weighted by Crippen LogP contribution is 2.33. The largest absolute Gasteiger partial charge is 0.496 e. The number of hydrogen-bond acceptors (Lipinski definition) is 4. The highest BCUT2D eigenvalue weighted by atomic mass is 79.9. The normalized spacial score (nSPS) is 14.5. The van der Waals surface area contributed by atoms with Crippen molar-refractivity contribution >= 4 is 27.5 Å². The third kappa shape index (κ3) is 2.65. The van der Waals surface area contributed by atoms with Crippen LogP contribution in [0.25, 0.3) is 17.0 Å². The molecule has 0 atom stereocenters. The summed E-state index contributed by atoms with van der Waals surface area (Å²) in [5.74, 6) is 2.58. The summed E-state index contributed by atoms with van der Waals surface area (Å²) >= 11 is 3.56. The van der Waals surface area contributed by atoms with Crippen LogP contribution in [0.3, 0.4) is 0 Å². The molecule has 3 aromatic rings. The predicted molar refractivity (Wildman–Crippen MR) is 98.9 cm³/mol. The van der Waals surface area contributed by atoms with Crippen molar-refractivity contribution in [1.29, 1.82) is 0 Å². The second-order valence-corrected chi connectivity index (χ2v) is 6.97. The monoisotopic (exact) mass is 386 g/mol. The molecule has 2 aromatic heterocycles. The minimum atomic E-state index is 0.737. The molecule has 6 heteroatoms. The van der Waals surface area contributed by atoms with Gasteiger partial charge in [-0.2, -0.15) is 4.98 Å². The number of imidazole rings is 1. The lowest BCUT2D eigenvalue weighted by Crippen LogP contribution is -2.19. The second-order valence-electron chi connectivity index (χ2n) is 6.11. The molecule has 0 amide bonds. The molecule has 0 aliphatic carbocycles. The van der Waals surface area contributed by atoms with Gasteiger partial charge in [-0.15, -0.1) is 0 Å². The predicted octanol–water partition coefficient (Wildman–Crippen LogP) is 4.08. The standard InChI is InChI=1S/C18H19BrN4O/c1-12-9-16(24-2)14(19)10-13(12)15-11-23-8-5-17(21-18(23)20-15)22-6-3-4-7-22/h5,8-11H,3-4,6-7H2,1-2H3. The van der Waals surface area contributed by atoms with Crippen LogP contribution >= 0.6 is 15.9 Å². The van der Waals surface area contributed by atoms with E-state index < -0.39 is 0 Å². The van der Waals surface area contributed by atoms with E-state index in [4.69, 9.17) is 14.7 Å². The topological polar surface area (TPSA) is 42.7 Å². The summed E-state index contributed by atoms with van der Waals surface area (Å²) in [6.45, 7) is 4.24. The van der Waals surface area contributed by atoms with E-state index >= 15 is 0 Å². The Hall–Kier alpha value is -2.08. The van der Waals surface area contributed by atoms with Gasteiger partial charge in [0.05, 0.1) is 17.3 Å². The van der Waals surface area contributed by atoms with Gasteiger partial charge in [0, 0.05) is 31.0 Å². The summed E-state index contributed by atoms with van der Waals surface area (Å²) in [5.41, 5.74) is 3.12. The van der Waals surface area contributed by atoms with Crippen molar-refractivity contribution in [2.45, 2.75) is 19.8 Å². The first kappa shape index (κ1) is 15.4. The number of methoxy groups -OCH3 is 1. The molecular formula is C18H19BrN4O. The Morgan fingerprint density at radius 3 is 2.71 bits per heavy atom. The number of ether oxygens (including phenoxy) is 1. The van der Waals surface area contributed by atoms with Crippen molar-refractivity contribution < 1.29 is 4.74 Å². The van der Waals surface area contributed by atoms with Crippen molar-refractivity contribution in [3.8, 4) is 17.0 Å². The van der Waals surface area contributed by atoms with Gasteiger partial charge >= 0.3 is 0 Å². The van der Waals surface area contributed by atoms with Gasteiger partial charge in [0.15, 0.2) is 0 Å². The highest BCUT2D eigenvalue weighted by Gasteiger charge is 2.16. The molecule has 4 rings (SSSR count). The number of aromatic nitrogens is 3. The molecule has 0 saturated carbocycles. The molecule has 0 unspecified atom stereocenters. The summed E-state index contributed by atoms with van der Waals surface area (Å²) in [5, 5.41) is 0. The van der Waals surface area contributed by atoms with Crippen LogP contribution in [-0.4, -0.2) is 34.6 Å². The third-order valence-corrected chi connectivity index (χ3v) is 5.14. The van der Waals surface area contributed by atoms with Gasteiger partial charge in [0.2, 0.25) is 5.78 Å². The molecule has 1 aliphatic rings. The quantitative estimate of drug-likeness (QED) is 0.680. The highest BCUT2D eigenvalue weighted by molar-refractivity contribution is 9.10. The molecule has 0 radical (unpaired) electrons. The van der Waals surface area contributed by atoms with E-state index in [2.05, 4.69) is 39.9 Å². The van der Waals surface area contributed by atoms with E-state index in [0.717, 1.165) is 51.7 Å². The van der Waals surface area contributed by atoms with Crippen LogP contribution in [0, 0.1) is 6.92 Å². The van der Waals surface area contributed by atoms with E-state index in [0.29, 0.717) is 0 Å². The molecule has 0 spiro atoms. The Bertz CT molecular complexity index is 899. The van der Waals surface area contributed by atoms with Crippen LogP contribution in [0.1, 0.15) is 18.4 Å². The Kier molecular flexibility index (Phi) is 3.92. The maximum Gasteiger partial charge on any atom is 0.236 e. The summed E-state index contributed by atoms with van der Waals surface area (Å²) in [7, 11) is 1.67. The number of anilines is 1. The van der Waals surface area contributed by atoms with Crippen molar-refractivity contribution in [2.75, 3.05) is 25.1 Å². The minimum absolute atomic E-state index is 0.737. The van der Waals surface area contributed by atoms with Crippen molar-refractivity contribution in [1.82, 2.24) is 14.4 Å². The van der Waals surface area contributed by atoms with E-state index in [9.17, 15) is 0 Å². The van der Waals surface area contributed by atoms with E-state index in [1.54, 1.807) is 7.11 Å². The van der Waals surface area contributed by atoms with Gasteiger partial charge in [-0.3, -0.25) is 4.40 Å². The summed E-state index contributed by atoms with van der Waals surface area (Å²) < 4.78 is 8.26. The first-order valence-corrected chi connectivity index (χ1v) is 8.90. The average molecular weight is 387 g/mol. The second kappa shape index (κ2) is 6.09. The van der Waals surface area contributed by atoms with E-state index in [-0.39, 0.29) is 0 Å². The number of halogens is 1. The van der Waals surface area contributed by atoms with Gasteiger partial charge in [-0.05, 0) is 59.5 Å². The molecule has 0 bridgehead atoms. The fourth-order valence-electron chi connectivity index (χ4n) is 3.20. The maximum atomic E-state index is 5.36. The van der Waals surface area contributed by atoms with Crippen LogP contribution in [-0.2, 0) is 0 Å². The zero-order chi connectivity index (χ0) is 16.7. The van der Waals surface area contributed by atoms with Gasteiger partial charge < -0.3 is 9.64 Å². The van der Waals surface area contributed by atoms with E-state index in [1.807, 2.05) is 22.9 Å². The fourth-order valence-corrected chi connectivity index (χ4v) is 3.71. The molecular weight excluding hydrogens is 368 g/mol. The molecule has 24 heavy (non-hydrogen) atoms. The maximum absolute atomic E-state index is 5.36. The number of aryl methyl sites for hydroxylation is 1. The smallest absolute Gasteiger partial charge is 0.236 e. The van der Waals surface area contributed by atoms with Gasteiger partial charge in [0.1, 0.15) is 11.6 Å². The zero-order valence-electron chi connectivity index (χ0n) is 13.8. The minimum Gasteiger partial charge on any atom is -0.496 e. The van der Waals surface area contributed by atoms with Gasteiger partial charge in [-0.1, -0.05) is 0 Å². The van der Waals surface area contributed by atoms with Crippen molar-refractivity contribution in [2.24, 2.45) is 0 Å². The van der Waals surface area contributed by atoms with Crippen LogP contribution in [0.15, 0.2) is 35.1 Å². The molecule has 1 fully saturated rings. The lowest BCUT2D eigenvalue weighted by Gasteiger charge is -2.15. The molecule has 3 heterocycles. The molecule has 1 aliphatic heterocycles. The lowest BCUT2D eigenvalue weighted by molar-refractivity contribution is 0.412. The van der Waals surface area contributed by atoms with Crippen molar-refractivity contribution in [3.63, 3.8) is 0 Å². The van der Waals surface area contributed by atoms with Gasteiger partial charge in [0.25, 0.3) is 0 Å². The van der Waals surface area contributed by atoms with Crippen LogP contribution in [0.5, 0.6) is 5.75 Å². The SMILES string of the molecule is COc1cc(C)c(-c2cn3ccc(N4CCCC4)nc3n2)cc1Br. The first-order chi connectivity index (χ1) is 11.7. The first-order valence-electron chi connectivity index (χ1n) is 8.11. The van der Waals surface area contributed by atoms with Crippen LogP contribution in [0.2, 0.25) is 0 Å². The zero-order valence-corrected chi connectivity index (χ0v) is 15.4. The Balaban J connectivity index is 1.76. The van der Waals surface area contributed by atoms with Crippen LogP contribution < -0.4 is 9.64 Å². The molecule has 124 valence electrons. The average Bonchev–Trinajstić information content (AvgIpc) is 3.24. The van der Waals surface area contributed by atoms with E-state index in [1.165, 1.54) is 12.8 Å². The summed E-state index contributed by atoms with van der Waals surface area (Å²) in [6.07, 6.45) is 6.55. The van der Waals surface area contributed by atoms with Gasteiger partial charge in [-0.25, -0.2) is 4.98 Å². The lowest BCUT2D eigenvalue weighted by atomic mass is 10.1. The molecule has 0 N–H and O–H groups in total. The molecule has 1 saturated heterocycles. The third-order valence-electron chi connectivity index (χ3n) is 4.52. The number of rotatable bonds is 3. The Morgan fingerprint density at radius 2 is 1.96 bits per heavy atom. The number of nitrogens with zero attached hydrogens (tertiary/aromatic N) is 4. The number of fused-ring (bicyclic) bond motifs is 1. The summed E-state index contributed by atoms with van der Waals surface area (Å²) in [4.78, 5) is 11.8.